The van der Waals surface area contributed by atoms with Crippen molar-refractivity contribution in [2.45, 2.75) is 44.7 Å². The highest BCUT2D eigenvalue weighted by molar-refractivity contribution is 5.18. The molecule has 1 aliphatic rings. The highest BCUT2D eigenvalue weighted by Crippen LogP contribution is 2.29. The minimum atomic E-state index is 0.426. The van der Waals surface area contributed by atoms with Crippen LogP contribution in [0.1, 0.15) is 44.2 Å². The predicted molar refractivity (Wildman–Crippen MR) is 69.4 cm³/mol. The summed E-state index contributed by atoms with van der Waals surface area (Å²) < 4.78 is 0. The van der Waals surface area contributed by atoms with Crippen LogP contribution in [0.3, 0.4) is 0 Å². The van der Waals surface area contributed by atoms with Gasteiger partial charge in [-0.2, -0.15) is 5.26 Å². The average molecular weight is 228 g/mol. The molecule has 0 aromatic heterocycles. The number of nitrogens with zero attached hydrogens (tertiary/aromatic N) is 2. The highest BCUT2D eigenvalue weighted by Gasteiger charge is 2.26. The molecule has 2 rings (SSSR count). The Morgan fingerprint density at radius 1 is 1.35 bits per heavy atom. The van der Waals surface area contributed by atoms with Crippen molar-refractivity contribution in [1.82, 2.24) is 4.90 Å². The van der Waals surface area contributed by atoms with Crippen molar-refractivity contribution in [1.29, 1.82) is 5.26 Å². The van der Waals surface area contributed by atoms with Crippen molar-refractivity contribution in [3.63, 3.8) is 0 Å². The van der Waals surface area contributed by atoms with Crippen LogP contribution >= 0.6 is 0 Å². The molecule has 0 spiro atoms. The summed E-state index contributed by atoms with van der Waals surface area (Å²) in [5.41, 5.74) is 1.36. The first-order chi connectivity index (χ1) is 8.33. The molecule has 1 aliphatic heterocycles. The molecule has 0 N–H and O–H groups in total. The lowest BCUT2D eigenvalue weighted by Gasteiger charge is -2.39. The topological polar surface area (TPSA) is 27.0 Å². The molecule has 1 aromatic carbocycles. The van der Waals surface area contributed by atoms with Gasteiger partial charge in [0, 0.05) is 12.1 Å². The van der Waals surface area contributed by atoms with Gasteiger partial charge in [-0.1, -0.05) is 36.8 Å². The van der Waals surface area contributed by atoms with Crippen LogP contribution in [0.25, 0.3) is 0 Å². The molecule has 17 heavy (non-hydrogen) atoms. The third kappa shape index (κ3) is 2.87. The van der Waals surface area contributed by atoms with Crippen LogP contribution < -0.4 is 0 Å². The first-order valence-corrected chi connectivity index (χ1v) is 6.50. The van der Waals surface area contributed by atoms with E-state index in [1.165, 1.54) is 24.8 Å². The summed E-state index contributed by atoms with van der Waals surface area (Å²) in [6.45, 7) is 3.38. The highest BCUT2D eigenvalue weighted by atomic mass is 15.2. The van der Waals surface area contributed by atoms with Crippen molar-refractivity contribution >= 4 is 0 Å². The Balaban J connectivity index is 2.11. The number of nitriles is 1. The van der Waals surface area contributed by atoms with E-state index >= 15 is 0 Å². The van der Waals surface area contributed by atoms with E-state index in [0.29, 0.717) is 18.5 Å². The largest absolute Gasteiger partial charge is 0.293 e. The maximum Gasteiger partial charge on any atom is 0.0638 e. The Labute approximate surface area is 104 Å². The number of hydrogen-bond acceptors (Lipinski definition) is 2. The second-order valence-corrected chi connectivity index (χ2v) is 4.84. The fraction of sp³-hybridized carbons (Fsp3) is 0.533. The summed E-state index contributed by atoms with van der Waals surface area (Å²) in [4.78, 5) is 2.50. The number of rotatable bonds is 3. The summed E-state index contributed by atoms with van der Waals surface area (Å²) in [6, 6.07) is 13.8. The van der Waals surface area contributed by atoms with E-state index in [1.54, 1.807) is 0 Å². The number of hydrogen-bond donors (Lipinski definition) is 0. The van der Waals surface area contributed by atoms with Crippen LogP contribution in [0.15, 0.2) is 30.3 Å². The average Bonchev–Trinajstić information content (AvgIpc) is 2.40. The van der Waals surface area contributed by atoms with Gasteiger partial charge in [-0.05, 0) is 31.9 Å². The molecule has 2 heteroatoms. The van der Waals surface area contributed by atoms with Crippen molar-refractivity contribution < 1.29 is 0 Å². The minimum Gasteiger partial charge on any atom is -0.293 e. The van der Waals surface area contributed by atoms with E-state index in [0.717, 1.165) is 6.54 Å². The molecule has 0 aliphatic carbocycles. The molecule has 0 saturated carbocycles. The third-order valence-electron chi connectivity index (χ3n) is 3.78. The van der Waals surface area contributed by atoms with Crippen LogP contribution in [0, 0.1) is 11.3 Å². The first-order valence-electron chi connectivity index (χ1n) is 6.50. The lowest BCUT2D eigenvalue weighted by Crippen LogP contribution is -2.40. The van der Waals surface area contributed by atoms with Gasteiger partial charge in [0.15, 0.2) is 0 Å². The van der Waals surface area contributed by atoms with E-state index in [-0.39, 0.29) is 0 Å². The molecule has 0 amide bonds. The molecule has 0 radical (unpaired) electrons. The van der Waals surface area contributed by atoms with E-state index < -0.39 is 0 Å². The molecule has 0 bridgehead atoms. The van der Waals surface area contributed by atoms with Gasteiger partial charge < -0.3 is 0 Å². The normalized spacial score (nSPS) is 22.9. The van der Waals surface area contributed by atoms with Crippen LogP contribution in [0.4, 0.5) is 0 Å². The summed E-state index contributed by atoms with van der Waals surface area (Å²) in [7, 11) is 0. The van der Waals surface area contributed by atoms with Gasteiger partial charge in [-0.25, -0.2) is 0 Å². The van der Waals surface area contributed by atoms with Gasteiger partial charge in [-0.15, -0.1) is 0 Å². The van der Waals surface area contributed by atoms with E-state index in [1.807, 2.05) is 0 Å². The smallest absolute Gasteiger partial charge is 0.0638 e. The molecule has 2 atom stereocenters. The summed E-state index contributed by atoms with van der Waals surface area (Å²) in [5, 5.41) is 8.91. The zero-order valence-electron chi connectivity index (χ0n) is 10.5. The molecular formula is C15H20N2. The predicted octanol–water partition coefficient (Wildman–Crippen LogP) is 3.52. The third-order valence-corrected chi connectivity index (χ3v) is 3.78. The zero-order chi connectivity index (χ0) is 12.1. The summed E-state index contributed by atoms with van der Waals surface area (Å²) in [5.74, 6) is 0. The molecular weight excluding hydrogens is 208 g/mol. The SMILES string of the molecule is CC(c1ccccc1)N1CCCCC1CC#N. The quantitative estimate of drug-likeness (QED) is 0.791. The second-order valence-electron chi connectivity index (χ2n) is 4.84. The van der Waals surface area contributed by atoms with Gasteiger partial charge in [0.2, 0.25) is 0 Å². The Morgan fingerprint density at radius 2 is 2.12 bits per heavy atom. The Kier molecular flexibility index (Phi) is 4.17. The number of benzene rings is 1. The van der Waals surface area contributed by atoms with Gasteiger partial charge in [0.1, 0.15) is 0 Å². The van der Waals surface area contributed by atoms with E-state index in [4.69, 9.17) is 5.26 Å². The van der Waals surface area contributed by atoms with Crippen LogP contribution in [0.5, 0.6) is 0 Å². The summed E-state index contributed by atoms with van der Waals surface area (Å²) >= 11 is 0. The van der Waals surface area contributed by atoms with Gasteiger partial charge in [0.25, 0.3) is 0 Å². The fourth-order valence-corrected chi connectivity index (χ4v) is 2.78. The van der Waals surface area contributed by atoms with Crippen molar-refractivity contribution in [3.05, 3.63) is 35.9 Å². The van der Waals surface area contributed by atoms with Crippen molar-refractivity contribution in [3.8, 4) is 6.07 Å². The summed E-state index contributed by atoms with van der Waals surface area (Å²) in [6.07, 6.45) is 4.37. The lowest BCUT2D eigenvalue weighted by atomic mass is 9.95. The van der Waals surface area contributed by atoms with Gasteiger partial charge in [0.05, 0.1) is 12.5 Å². The Hall–Kier alpha value is -1.33. The van der Waals surface area contributed by atoms with Crippen molar-refractivity contribution in [2.24, 2.45) is 0 Å². The van der Waals surface area contributed by atoms with E-state index in [2.05, 4.69) is 48.2 Å². The van der Waals surface area contributed by atoms with Crippen LogP contribution in [-0.2, 0) is 0 Å². The molecule has 1 fully saturated rings. The molecule has 1 aromatic rings. The maximum atomic E-state index is 8.91. The molecule has 2 unspecified atom stereocenters. The van der Waals surface area contributed by atoms with E-state index in [9.17, 15) is 0 Å². The van der Waals surface area contributed by atoms with Crippen LogP contribution in [-0.4, -0.2) is 17.5 Å². The standard InChI is InChI=1S/C15H20N2/c1-13(14-7-3-2-4-8-14)17-12-6-5-9-15(17)10-11-16/h2-4,7-8,13,15H,5-6,9-10,12H2,1H3. The Bertz CT molecular complexity index is 380. The Morgan fingerprint density at radius 3 is 2.82 bits per heavy atom. The molecule has 2 nitrogen and oxygen atoms in total. The molecule has 90 valence electrons. The van der Waals surface area contributed by atoms with Gasteiger partial charge >= 0.3 is 0 Å². The lowest BCUT2D eigenvalue weighted by molar-refractivity contribution is 0.105. The first kappa shape index (κ1) is 12.1. The monoisotopic (exact) mass is 228 g/mol. The fourth-order valence-electron chi connectivity index (χ4n) is 2.78. The second kappa shape index (κ2) is 5.84. The van der Waals surface area contributed by atoms with Crippen LogP contribution in [0.2, 0.25) is 0 Å². The molecule has 1 heterocycles. The number of piperidine rings is 1. The zero-order valence-corrected chi connectivity index (χ0v) is 10.5. The van der Waals surface area contributed by atoms with Crippen molar-refractivity contribution in [2.75, 3.05) is 6.54 Å². The van der Waals surface area contributed by atoms with Gasteiger partial charge in [-0.3, -0.25) is 4.90 Å². The maximum absolute atomic E-state index is 8.91. The molecule has 1 saturated heterocycles. The minimum absolute atomic E-state index is 0.426. The number of likely N-dealkylation sites (tertiary alicyclic amines) is 1.